The third-order valence-electron chi connectivity index (χ3n) is 2.91. The van der Waals surface area contributed by atoms with Gasteiger partial charge in [0.2, 0.25) is 0 Å². The molecule has 1 aromatic rings. The summed E-state index contributed by atoms with van der Waals surface area (Å²) in [6, 6.07) is 1.59. The molecular formula is C11H17N3O2S. The predicted molar refractivity (Wildman–Crippen MR) is 64.9 cm³/mol. The van der Waals surface area contributed by atoms with Crippen LogP contribution in [0, 0.1) is 0 Å². The highest BCUT2D eigenvalue weighted by Gasteiger charge is 2.36. The molecule has 94 valence electrons. The van der Waals surface area contributed by atoms with E-state index in [0.29, 0.717) is 11.5 Å². The zero-order valence-corrected chi connectivity index (χ0v) is 10.7. The molecule has 2 rings (SSSR count). The number of nitrogens with two attached hydrogens (primary N) is 1. The summed E-state index contributed by atoms with van der Waals surface area (Å²) in [5, 5.41) is -0.172. The molecule has 17 heavy (non-hydrogen) atoms. The number of rotatable bonds is 5. The van der Waals surface area contributed by atoms with Crippen molar-refractivity contribution < 1.29 is 8.42 Å². The summed E-state index contributed by atoms with van der Waals surface area (Å²) in [6.45, 7) is 1.97. The molecule has 1 heterocycles. The monoisotopic (exact) mass is 255 g/mol. The Kier molecular flexibility index (Phi) is 3.44. The molecule has 1 unspecified atom stereocenters. The first-order chi connectivity index (χ1) is 8.03. The normalized spacial score (nSPS) is 18.0. The maximum absolute atomic E-state index is 11.8. The van der Waals surface area contributed by atoms with Crippen molar-refractivity contribution in [3.05, 3.63) is 23.8 Å². The summed E-state index contributed by atoms with van der Waals surface area (Å²) in [6.07, 6.45) is 3.90. The van der Waals surface area contributed by atoms with Crippen molar-refractivity contribution >= 4 is 9.84 Å². The fourth-order valence-corrected chi connectivity index (χ4v) is 3.21. The van der Waals surface area contributed by atoms with Crippen molar-refractivity contribution in [1.82, 2.24) is 9.97 Å². The minimum Gasteiger partial charge on any atom is -0.323 e. The highest BCUT2D eigenvalue weighted by molar-refractivity contribution is 7.91. The van der Waals surface area contributed by atoms with Crippen LogP contribution < -0.4 is 5.73 Å². The van der Waals surface area contributed by atoms with Crippen molar-refractivity contribution in [2.75, 3.05) is 0 Å². The molecule has 6 heteroatoms. The van der Waals surface area contributed by atoms with Gasteiger partial charge in [0.15, 0.2) is 9.84 Å². The maximum atomic E-state index is 11.8. The van der Waals surface area contributed by atoms with Crippen LogP contribution in [0.3, 0.4) is 0 Å². The van der Waals surface area contributed by atoms with Crippen molar-refractivity contribution in [3.8, 4) is 0 Å². The molecule has 1 aliphatic carbocycles. The minimum atomic E-state index is -3.06. The van der Waals surface area contributed by atoms with Crippen molar-refractivity contribution in [3.63, 3.8) is 0 Å². The molecule has 1 atom stereocenters. The molecule has 1 saturated carbocycles. The largest absolute Gasteiger partial charge is 0.323 e. The van der Waals surface area contributed by atoms with Crippen molar-refractivity contribution in [2.45, 2.75) is 43.2 Å². The quantitative estimate of drug-likeness (QED) is 0.847. The molecule has 0 spiro atoms. The number of hydrogen-bond donors (Lipinski definition) is 1. The maximum Gasteiger partial charge on any atom is 0.160 e. The van der Waals surface area contributed by atoms with Gasteiger partial charge >= 0.3 is 0 Å². The minimum absolute atomic E-state index is 0.0675. The lowest BCUT2D eigenvalue weighted by Crippen LogP contribution is -2.16. The van der Waals surface area contributed by atoms with Gasteiger partial charge in [0.05, 0.1) is 10.9 Å². The van der Waals surface area contributed by atoms with E-state index in [-0.39, 0.29) is 17.0 Å². The van der Waals surface area contributed by atoms with E-state index in [9.17, 15) is 8.42 Å². The molecule has 0 saturated heterocycles. The Bertz CT molecular complexity index is 497. The van der Waals surface area contributed by atoms with Crippen LogP contribution in [-0.2, 0) is 15.6 Å². The van der Waals surface area contributed by atoms with Crippen molar-refractivity contribution in [2.24, 2.45) is 5.73 Å². The smallest absolute Gasteiger partial charge is 0.160 e. The molecule has 1 fully saturated rings. The summed E-state index contributed by atoms with van der Waals surface area (Å²) in [7, 11) is -3.06. The van der Waals surface area contributed by atoms with Crippen LogP contribution in [0.25, 0.3) is 0 Å². The Hall–Kier alpha value is -1.01. The van der Waals surface area contributed by atoms with Gasteiger partial charge in [-0.05, 0) is 25.3 Å². The van der Waals surface area contributed by atoms with E-state index in [4.69, 9.17) is 5.73 Å². The Morgan fingerprint density at radius 2 is 2.24 bits per heavy atom. The van der Waals surface area contributed by atoms with Gasteiger partial charge in [-0.2, -0.15) is 0 Å². The van der Waals surface area contributed by atoms with Gasteiger partial charge in [-0.15, -0.1) is 0 Å². The van der Waals surface area contributed by atoms with E-state index in [0.717, 1.165) is 19.3 Å². The van der Waals surface area contributed by atoms with Gasteiger partial charge in [0.1, 0.15) is 11.6 Å². The summed E-state index contributed by atoms with van der Waals surface area (Å²) in [5.41, 5.74) is 6.57. The standard InChI is InChI=1S/C11H17N3O2S/c1-2-9(12)10-5-6-13-11(14-10)7-17(15,16)8-3-4-8/h5-6,8-9H,2-4,7,12H2,1H3. The molecule has 2 N–H and O–H groups in total. The molecule has 5 nitrogen and oxygen atoms in total. The van der Waals surface area contributed by atoms with E-state index in [1.165, 1.54) is 0 Å². The molecule has 1 aromatic heterocycles. The zero-order valence-electron chi connectivity index (χ0n) is 9.83. The first kappa shape index (κ1) is 12.4. The fourth-order valence-electron chi connectivity index (χ4n) is 1.62. The predicted octanol–water partition coefficient (Wildman–Crippen LogP) is 0.964. The Morgan fingerprint density at radius 3 is 2.82 bits per heavy atom. The lowest BCUT2D eigenvalue weighted by Gasteiger charge is -2.09. The van der Waals surface area contributed by atoms with E-state index in [1.807, 2.05) is 6.92 Å². The molecular weight excluding hydrogens is 238 g/mol. The molecule has 0 radical (unpaired) electrons. The molecule has 0 aliphatic heterocycles. The molecule has 0 bridgehead atoms. The van der Waals surface area contributed by atoms with Gasteiger partial charge in [0.25, 0.3) is 0 Å². The van der Waals surface area contributed by atoms with Gasteiger partial charge < -0.3 is 5.73 Å². The van der Waals surface area contributed by atoms with E-state index < -0.39 is 9.84 Å². The van der Waals surface area contributed by atoms with E-state index in [1.54, 1.807) is 12.3 Å². The summed E-state index contributed by atoms with van der Waals surface area (Å²) >= 11 is 0. The van der Waals surface area contributed by atoms with Crippen LogP contribution in [-0.4, -0.2) is 23.6 Å². The van der Waals surface area contributed by atoms with Crippen molar-refractivity contribution in [1.29, 1.82) is 0 Å². The third-order valence-corrected chi connectivity index (χ3v) is 5.06. The third kappa shape index (κ3) is 3.01. The van der Waals surface area contributed by atoms with Crippen LogP contribution in [0.15, 0.2) is 12.3 Å². The highest BCUT2D eigenvalue weighted by Crippen LogP contribution is 2.30. The van der Waals surface area contributed by atoms with E-state index >= 15 is 0 Å². The molecule has 1 aliphatic rings. The summed E-state index contributed by atoms with van der Waals surface area (Å²) in [4.78, 5) is 8.23. The van der Waals surface area contributed by atoms with Crippen LogP contribution >= 0.6 is 0 Å². The number of aromatic nitrogens is 2. The number of hydrogen-bond acceptors (Lipinski definition) is 5. The average molecular weight is 255 g/mol. The Labute approximate surface area is 101 Å². The average Bonchev–Trinajstić information content (AvgIpc) is 3.11. The summed E-state index contributed by atoms with van der Waals surface area (Å²) < 4.78 is 23.6. The second kappa shape index (κ2) is 4.70. The molecule has 0 amide bonds. The zero-order chi connectivity index (χ0) is 12.5. The SMILES string of the molecule is CCC(N)c1ccnc(CS(=O)(=O)C2CC2)n1. The van der Waals surface area contributed by atoms with Gasteiger partial charge in [-0.3, -0.25) is 0 Å². The molecule has 0 aromatic carbocycles. The highest BCUT2D eigenvalue weighted by atomic mass is 32.2. The Morgan fingerprint density at radius 1 is 1.53 bits per heavy atom. The van der Waals surface area contributed by atoms with Crippen LogP contribution in [0.1, 0.15) is 43.7 Å². The topological polar surface area (TPSA) is 85.9 Å². The van der Waals surface area contributed by atoms with Gasteiger partial charge in [-0.1, -0.05) is 6.92 Å². The van der Waals surface area contributed by atoms with Crippen LogP contribution in [0.4, 0.5) is 0 Å². The lowest BCUT2D eigenvalue weighted by atomic mass is 10.2. The van der Waals surface area contributed by atoms with Gasteiger partial charge in [-0.25, -0.2) is 18.4 Å². The van der Waals surface area contributed by atoms with E-state index in [2.05, 4.69) is 9.97 Å². The lowest BCUT2D eigenvalue weighted by molar-refractivity contribution is 0.591. The van der Waals surface area contributed by atoms with Crippen LogP contribution in [0.5, 0.6) is 0 Å². The number of sulfone groups is 1. The summed E-state index contributed by atoms with van der Waals surface area (Å²) in [5.74, 6) is 0.292. The second-order valence-electron chi connectivity index (χ2n) is 4.42. The fraction of sp³-hybridized carbons (Fsp3) is 0.636. The second-order valence-corrected chi connectivity index (χ2v) is 6.70. The first-order valence-electron chi connectivity index (χ1n) is 5.82. The number of nitrogens with zero attached hydrogens (tertiary/aromatic N) is 2. The van der Waals surface area contributed by atoms with Gasteiger partial charge in [0, 0.05) is 12.2 Å². The Balaban J connectivity index is 2.16. The van der Waals surface area contributed by atoms with Crippen LogP contribution in [0.2, 0.25) is 0 Å². The first-order valence-corrected chi connectivity index (χ1v) is 7.53.